The Morgan fingerprint density at radius 1 is 1.24 bits per heavy atom. The zero-order valence-electron chi connectivity index (χ0n) is 17.1. The number of carbonyl (C=O) groups excluding carboxylic acids is 1. The molecule has 1 amide bonds. The van der Waals surface area contributed by atoms with E-state index < -0.39 is 0 Å². The van der Waals surface area contributed by atoms with Crippen LogP contribution in [0.15, 0.2) is 29.3 Å². The Labute approximate surface area is 189 Å². The third-order valence-electron chi connectivity index (χ3n) is 5.66. The van der Waals surface area contributed by atoms with Gasteiger partial charge in [-0.3, -0.25) is 4.79 Å². The van der Waals surface area contributed by atoms with Crippen molar-refractivity contribution in [1.82, 2.24) is 15.5 Å². The molecule has 1 aromatic rings. The van der Waals surface area contributed by atoms with Crippen LogP contribution in [0.2, 0.25) is 0 Å². The molecule has 2 saturated heterocycles. The lowest BCUT2D eigenvalue weighted by atomic mass is 9.74. The van der Waals surface area contributed by atoms with Gasteiger partial charge >= 0.3 is 0 Å². The lowest BCUT2D eigenvalue weighted by molar-refractivity contribution is -0.128. The number of nitrogens with zero attached hydrogens (tertiary/aromatic N) is 2. The van der Waals surface area contributed by atoms with Crippen molar-refractivity contribution in [3.05, 3.63) is 35.6 Å². The second kappa shape index (κ2) is 11.7. The molecule has 0 aromatic heterocycles. The molecule has 3 rings (SSSR count). The molecule has 0 unspecified atom stereocenters. The maximum absolute atomic E-state index is 13.8. The van der Waals surface area contributed by atoms with Crippen LogP contribution < -0.4 is 10.6 Å². The summed E-state index contributed by atoms with van der Waals surface area (Å²) in [4.78, 5) is 18.6. The van der Waals surface area contributed by atoms with Crippen molar-refractivity contribution in [2.24, 2.45) is 4.99 Å². The fourth-order valence-corrected chi connectivity index (χ4v) is 3.96. The van der Waals surface area contributed by atoms with Crippen molar-refractivity contribution in [2.75, 3.05) is 45.9 Å². The lowest BCUT2D eigenvalue weighted by Gasteiger charge is -2.38. The monoisotopic (exact) mass is 518 g/mol. The number of nitrogens with one attached hydrogen (secondary N) is 2. The Morgan fingerprint density at radius 2 is 1.97 bits per heavy atom. The molecule has 2 N–H and O–H groups in total. The maximum Gasteiger partial charge on any atom is 0.244 e. The van der Waals surface area contributed by atoms with Gasteiger partial charge < -0.3 is 20.3 Å². The van der Waals surface area contributed by atoms with Crippen LogP contribution in [0, 0.1) is 5.82 Å². The third kappa shape index (κ3) is 6.53. The highest BCUT2D eigenvalue weighted by molar-refractivity contribution is 14.0. The SMILES string of the molecule is CCNC(=NCC(=O)N1CCCC1)NCC1(c2cccc(F)c2)CCOCC1.I. The highest BCUT2D eigenvalue weighted by Gasteiger charge is 2.35. The number of hydrogen-bond donors (Lipinski definition) is 2. The summed E-state index contributed by atoms with van der Waals surface area (Å²) < 4.78 is 19.4. The van der Waals surface area contributed by atoms with Crippen molar-refractivity contribution in [3.8, 4) is 0 Å². The van der Waals surface area contributed by atoms with Crippen molar-refractivity contribution in [3.63, 3.8) is 0 Å². The third-order valence-corrected chi connectivity index (χ3v) is 5.66. The summed E-state index contributed by atoms with van der Waals surface area (Å²) in [6.45, 7) is 6.44. The van der Waals surface area contributed by atoms with E-state index in [1.165, 1.54) is 6.07 Å². The summed E-state index contributed by atoms with van der Waals surface area (Å²) in [7, 11) is 0. The number of likely N-dealkylation sites (tertiary alicyclic amines) is 1. The summed E-state index contributed by atoms with van der Waals surface area (Å²) >= 11 is 0. The van der Waals surface area contributed by atoms with Gasteiger partial charge in [-0.15, -0.1) is 24.0 Å². The Balaban J connectivity index is 0.00000300. The van der Waals surface area contributed by atoms with E-state index in [4.69, 9.17) is 4.74 Å². The number of carbonyl (C=O) groups is 1. The highest BCUT2D eigenvalue weighted by atomic mass is 127. The molecular formula is C21H32FIN4O2. The number of rotatable bonds is 6. The standard InChI is InChI=1S/C21H31FN4O2.HI/c1-2-23-20(24-15-19(27)26-10-3-4-11-26)25-16-21(8-12-28-13-9-21)17-6-5-7-18(22)14-17;/h5-7,14H,2-4,8-13,15-16H2,1H3,(H2,23,24,25);1H. The van der Waals surface area contributed by atoms with E-state index in [9.17, 15) is 9.18 Å². The minimum absolute atomic E-state index is 0. The van der Waals surface area contributed by atoms with Crippen LogP contribution in [-0.2, 0) is 14.9 Å². The Bertz CT molecular complexity index is 689. The van der Waals surface area contributed by atoms with Gasteiger partial charge in [-0.25, -0.2) is 9.38 Å². The van der Waals surface area contributed by atoms with E-state index in [1.54, 1.807) is 12.1 Å². The van der Waals surface area contributed by atoms with Gasteiger partial charge in [0.15, 0.2) is 5.96 Å². The molecule has 0 aliphatic carbocycles. The first kappa shape index (κ1) is 23.9. The fraction of sp³-hybridized carbons (Fsp3) is 0.619. The predicted octanol–water partition coefficient (Wildman–Crippen LogP) is 2.67. The van der Waals surface area contributed by atoms with Gasteiger partial charge in [0.05, 0.1) is 0 Å². The van der Waals surface area contributed by atoms with Crippen LogP contribution in [0.1, 0.15) is 38.2 Å². The number of guanidine groups is 1. The van der Waals surface area contributed by atoms with E-state index in [2.05, 4.69) is 15.6 Å². The Kier molecular flexibility index (Phi) is 9.61. The molecular weight excluding hydrogens is 486 g/mol. The van der Waals surface area contributed by atoms with E-state index in [1.807, 2.05) is 17.9 Å². The van der Waals surface area contributed by atoms with Crippen LogP contribution in [0.5, 0.6) is 0 Å². The predicted molar refractivity (Wildman–Crippen MR) is 123 cm³/mol. The normalized spacial score (nSPS) is 18.8. The molecule has 0 radical (unpaired) electrons. The lowest BCUT2D eigenvalue weighted by Crippen LogP contribution is -2.48. The summed E-state index contributed by atoms with van der Waals surface area (Å²) in [5.74, 6) is 0.470. The zero-order chi connectivity index (χ0) is 19.8. The average molecular weight is 518 g/mol. The van der Waals surface area contributed by atoms with E-state index >= 15 is 0 Å². The van der Waals surface area contributed by atoms with Gasteiger partial charge in [0.25, 0.3) is 0 Å². The zero-order valence-corrected chi connectivity index (χ0v) is 19.4. The minimum atomic E-state index is -0.222. The Morgan fingerprint density at radius 3 is 2.62 bits per heavy atom. The number of aliphatic imine (C=N–C) groups is 1. The molecule has 0 atom stereocenters. The molecule has 0 bridgehead atoms. The number of hydrogen-bond acceptors (Lipinski definition) is 3. The molecule has 8 heteroatoms. The first-order chi connectivity index (χ1) is 13.6. The number of benzene rings is 1. The smallest absolute Gasteiger partial charge is 0.244 e. The summed E-state index contributed by atoms with van der Waals surface area (Å²) in [5, 5.41) is 6.60. The van der Waals surface area contributed by atoms with E-state index in [0.717, 1.165) is 44.3 Å². The first-order valence-electron chi connectivity index (χ1n) is 10.3. The molecule has 2 heterocycles. The first-order valence-corrected chi connectivity index (χ1v) is 10.3. The van der Waals surface area contributed by atoms with Crippen molar-refractivity contribution < 1.29 is 13.9 Å². The quantitative estimate of drug-likeness (QED) is 0.346. The van der Waals surface area contributed by atoms with E-state index in [0.29, 0.717) is 32.3 Å². The highest BCUT2D eigenvalue weighted by Crippen LogP contribution is 2.34. The largest absolute Gasteiger partial charge is 0.381 e. The van der Waals surface area contributed by atoms with Crippen LogP contribution in [0.3, 0.4) is 0 Å². The van der Waals surface area contributed by atoms with Crippen molar-refractivity contribution in [2.45, 2.75) is 38.0 Å². The molecule has 6 nitrogen and oxygen atoms in total. The fourth-order valence-electron chi connectivity index (χ4n) is 3.96. The van der Waals surface area contributed by atoms with Crippen molar-refractivity contribution >= 4 is 35.8 Å². The second-order valence-electron chi connectivity index (χ2n) is 7.54. The molecule has 2 aliphatic rings. The van der Waals surface area contributed by atoms with Gasteiger partial charge in [-0.2, -0.15) is 0 Å². The average Bonchev–Trinajstić information content (AvgIpc) is 3.25. The molecule has 29 heavy (non-hydrogen) atoms. The minimum Gasteiger partial charge on any atom is -0.381 e. The molecule has 2 fully saturated rings. The molecule has 2 aliphatic heterocycles. The molecule has 162 valence electrons. The van der Waals surface area contributed by atoms with E-state index in [-0.39, 0.29) is 47.7 Å². The maximum atomic E-state index is 13.8. The van der Waals surface area contributed by atoms with Crippen molar-refractivity contribution in [1.29, 1.82) is 0 Å². The van der Waals surface area contributed by atoms with Gasteiger partial charge in [-0.1, -0.05) is 12.1 Å². The number of halogens is 2. The van der Waals surface area contributed by atoms with Gasteiger partial charge in [0.1, 0.15) is 12.4 Å². The van der Waals surface area contributed by atoms with Gasteiger partial charge in [0.2, 0.25) is 5.91 Å². The Hall–Kier alpha value is -1.42. The molecule has 0 spiro atoms. The molecule has 0 saturated carbocycles. The summed E-state index contributed by atoms with van der Waals surface area (Å²) in [5.41, 5.74) is 0.766. The molecule has 1 aromatic carbocycles. The van der Waals surface area contributed by atoms with Crippen LogP contribution in [0.4, 0.5) is 4.39 Å². The van der Waals surface area contributed by atoms with Crippen LogP contribution in [-0.4, -0.2) is 62.7 Å². The topological polar surface area (TPSA) is 66.0 Å². The number of amides is 1. The summed E-state index contributed by atoms with van der Waals surface area (Å²) in [6, 6.07) is 6.83. The summed E-state index contributed by atoms with van der Waals surface area (Å²) in [6.07, 6.45) is 3.78. The van der Waals surface area contributed by atoms with Gasteiger partial charge in [-0.05, 0) is 50.3 Å². The van der Waals surface area contributed by atoms with Crippen LogP contribution >= 0.6 is 24.0 Å². The number of ether oxygens (including phenoxy) is 1. The van der Waals surface area contributed by atoms with Crippen LogP contribution in [0.25, 0.3) is 0 Å². The second-order valence-corrected chi connectivity index (χ2v) is 7.54. The van der Waals surface area contributed by atoms with Gasteiger partial charge in [0, 0.05) is 44.8 Å².